The van der Waals surface area contributed by atoms with Gasteiger partial charge in [-0.15, -0.1) is 0 Å². The van der Waals surface area contributed by atoms with E-state index >= 15 is 0 Å². The van der Waals surface area contributed by atoms with Gasteiger partial charge in [0.1, 0.15) is 12.7 Å². The molecule has 0 aromatic heterocycles. The number of cyclic esters (lactones) is 1. The number of ether oxygens (including phenoxy) is 1. The van der Waals surface area contributed by atoms with Crippen LogP contribution in [-0.2, 0) is 4.74 Å². The largest absolute Gasteiger partial charge is 0.447 e. The fourth-order valence-corrected chi connectivity index (χ4v) is 1.43. The minimum absolute atomic E-state index is 0.0767. The first kappa shape index (κ1) is 9.46. The van der Waals surface area contributed by atoms with E-state index in [9.17, 15) is 9.18 Å². The van der Waals surface area contributed by atoms with Gasteiger partial charge in [-0.25, -0.2) is 9.18 Å². The summed E-state index contributed by atoms with van der Waals surface area (Å²) in [6.45, 7) is 0.555. The Labute approximate surface area is 85.5 Å². The Bertz CT molecular complexity index is 453. The molecule has 0 radical (unpaired) electrons. The van der Waals surface area contributed by atoms with Gasteiger partial charge in [0, 0.05) is 0 Å². The van der Waals surface area contributed by atoms with E-state index in [1.54, 1.807) is 6.07 Å². The van der Waals surface area contributed by atoms with Crippen LogP contribution in [0.4, 0.5) is 14.9 Å². The first-order chi connectivity index (χ1) is 7.24. The molecule has 5 heteroatoms. The van der Waals surface area contributed by atoms with E-state index in [0.717, 1.165) is 0 Å². The topological polar surface area (TPSA) is 53.3 Å². The van der Waals surface area contributed by atoms with Gasteiger partial charge in [-0.05, 0) is 12.1 Å². The zero-order valence-corrected chi connectivity index (χ0v) is 7.74. The number of halogens is 1. The summed E-state index contributed by atoms with van der Waals surface area (Å²) in [4.78, 5) is 12.4. The predicted octanol–water partition coefficient (Wildman–Crippen LogP) is 1.65. The summed E-state index contributed by atoms with van der Waals surface area (Å²) in [7, 11) is 0. The van der Waals surface area contributed by atoms with Gasteiger partial charge in [-0.1, -0.05) is 6.07 Å². The maximum Gasteiger partial charge on any atom is 0.414 e. The van der Waals surface area contributed by atoms with Crippen LogP contribution in [0.15, 0.2) is 18.2 Å². The van der Waals surface area contributed by atoms with Crippen molar-refractivity contribution >= 4 is 11.8 Å². The average Bonchev–Trinajstić information content (AvgIpc) is 2.65. The Morgan fingerprint density at radius 1 is 1.53 bits per heavy atom. The van der Waals surface area contributed by atoms with Crippen LogP contribution in [0.3, 0.4) is 0 Å². The van der Waals surface area contributed by atoms with Crippen LogP contribution in [0.2, 0.25) is 0 Å². The second-order valence-corrected chi connectivity index (χ2v) is 3.02. The van der Waals surface area contributed by atoms with Crippen molar-refractivity contribution in [2.45, 2.75) is 0 Å². The number of rotatable bonds is 1. The molecule has 76 valence electrons. The highest BCUT2D eigenvalue weighted by molar-refractivity contribution is 5.89. The Morgan fingerprint density at radius 2 is 2.33 bits per heavy atom. The normalized spacial score (nSPS) is 14.9. The SMILES string of the molecule is N#Cc1cccc(N2CCOC2=O)c1F. The summed E-state index contributed by atoms with van der Waals surface area (Å²) < 4.78 is 18.3. The summed E-state index contributed by atoms with van der Waals surface area (Å²) >= 11 is 0. The van der Waals surface area contributed by atoms with E-state index in [4.69, 9.17) is 5.26 Å². The van der Waals surface area contributed by atoms with Crippen LogP contribution in [-0.4, -0.2) is 19.2 Å². The molecule has 0 N–H and O–H groups in total. The van der Waals surface area contributed by atoms with Crippen LogP contribution in [0.5, 0.6) is 0 Å². The molecule has 0 saturated carbocycles. The van der Waals surface area contributed by atoms with E-state index in [2.05, 4.69) is 4.74 Å². The first-order valence-electron chi connectivity index (χ1n) is 4.37. The fraction of sp³-hybridized carbons (Fsp3) is 0.200. The van der Waals surface area contributed by atoms with Gasteiger partial charge >= 0.3 is 6.09 Å². The Kier molecular flexibility index (Phi) is 2.26. The molecule has 1 aromatic carbocycles. The molecule has 0 atom stereocenters. The molecule has 1 saturated heterocycles. The van der Waals surface area contributed by atoms with Gasteiger partial charge in [-0.2, -0.15) is 5.26 Å². The molecular formula is C10H7FN2O2. The van der Waals surface area contributed by atoms with Crippen molar-refractivity contribution in [1.29, 1.82) is 5.26 Å². The number of hydrogen-bond donors (Lipinski definition) is 0. The summed E-state index contributed by atoms with van der Waals surface area (Å²) in [5, 5.41) is 8.63. The molecule has 0 spiro atoms. The third-order valence-electron chi connectivity index (χ3n) is 2.15. The molecule has 4 nitrogen and oxygen atoms in total. The lowest BCUT2D eigenvalue weighted by Gasteiger charge is -2.13. The second-order valence-electron chi connectivity index (χ2n) is 3.02. The maximum atomic E-state index is 13.6. The zero-order valence-electron chi connectivity index (χ0n) is 7.74. The molecule has 1 aliphatic rings. The van der Waals surface area contributed by atoms with Gasteiger partial charge in [0.15, 0.2) is 5.82 Å². The van der Waals surface area contributed by atoms with Crippen molar-refractivity contribution < 1.29 is 13.9 Å². The average molecular weight is 206 g/mol. The third-order valence-corrected chi connectivity index (χ3v) is 2.15. The van der Waals surface area contributed by atoms with Gasteiger partial charge in [0.2, 0.25) is 0 Å². The highest BCUT2D eigenvalue weighted by atomic mass is 19.1. The van der Waals surface area contributed by atoms with Crippen LogP contribution < -0.4 is 4.90 Å². The number of hydrogen-bond acceptors (Lipinski definition) is 3. The smallest absolute Gasteiger partial charge is 0.414 e. The Balaban J connectivity index is 2.45. The standard InChI is InChI=1S/C10H7FN2O2/c11-9-7(6-12)2-1-3-8(9)13-4-5-15-10(13)14/h1-3H,4-5H2. The van der Waals surface area contributed by atoms with E-state index in [-0.39, 0.29) is 17.9 Å². The Hall–Kier alpha value is -2.09. The minimum Gasteiger partial charge on any atom is -0.447 e. The molecule has 1 aliphatic heterocycles. The summed E-state index contributed by atoms with van der Waals surface area (Å²) in [6, 6.07) is 6.06. The highest BCUT2D eigenvalue weighted by Crippen LogP contribution is 2.24. The van der Waals surface area contributed by atoms with E-state index in [1.807, 2.05) is 0 Å². The van der Waals surface area contributed by atoms with Gasteiger partial charge in [-0.3, -0.25) is 4.90 Å². The second kappa shape index (κ2) is 3.58. The summed E-state index contributed by atoms with van der Waals surface area (Å²) in [5.74, 6) is -0.682. The predicted molar refractivity (Wildman–Crippen MR) is 49.8 cm³/mol. The number of carbonyl (C=O) groups is 1. The van der Waals surface area contributed by atoms with Crippen LogP contribution >= 0.6 is 0 Å². The van der Waals surface area contributed by atoms with Crippen LogP contribution in [0.25, 0.3) is 0 Å². The number of nitriles is 1. The summed E-state index contributed by atoms with van der Waals surface area (Å²) in [6.07, 6.45) is -0.580. The van der Waals surface area contributed by atoms with Crippen molar-refractivity contribution in [1.82, 2.24) is 0 Å². The molecule has 0 bridgehead atoms. The molecule has 0 aliphatic carbocycles. The number of amides is 1. The quantitative estimate of drug-likeness (QED) is 0.702. The lowest BCUT2D eigenvalue weighted by molar-refractivity contribution is 0.181. The lowest BCUT2D eigenvalue weighted by Crippen LogP contribution is -2.24. The van der Waals surface area contributed by atoms with E-state index in [1.165, 1.54) is 23.1 Å². The fourth-order valence-electron chi connectivity index (χ4n) is 1.43. The monoisotopic (exact) mass is 206 g/mol. The number of carbonyl (C=O) groups excluding carboxylic acids is 1. The number of anilines is 1. The van der Waals surface area contributed by atoms with Gasteiger partial charge in [0.05, 0.1) is 17.8 Å². The molecular weight excluding hydrogens is 199 g/mol. The number of nitrogens with zero attached hydrogens (tertiary/aromatic N) is 2. The molecule has 15 heavy (non-hydrogen) atoms. The minimum atomic E-state index is -0.682. The molecule has 1 heterocycles. The van der Waals surface area contributed by atoms with E-state index < -0.39 is 11.9 Å². The molecule has 2 rings (SSSR count). The van der Waals surface area contributed by atoms with E-state index in [0.29, 0.717) is 6.54 Å². The van der Waals surface area contributed by atoms with Crippen LogP contribution in [0, 0.1) is 17.1 Å². The van der Waals surface area contributed by atoms with Crippen molar-refractivity contribution in [2.24, 2.45) is 0 Å². The molecule has 1 fully saturated rings. The van der Waals surface area contributed by atoms with Gasteiger partial charge < -0.3 is 4.74 Å². The van der Waals surface area contributed by atoms with Crippen molar-refractivity contribution in [3.8, 4) is 6.07 Å². The third kappa shape index (κ3) is 1.50. The molecule has 1 aromatic rings. The van der Waals surface area contributed by atoms with Crippen molar-refractivity contribution in [3.05, 3.63) is 29.6 Å². The zero-order chi connectivity index (χ0) is 10.8. The molecule has 1 amide bonds. The Morgan fingerprint density at radius 3 is 2.93 bits per heavy atom. The molecule has 0 unspecified atom stereocenters. The van der Waals surface area contributed by atoms with Crippen LogP contribution in [0.1, 0.15) is 5.56 Å². The van der Waals surface area contributed by atoms with Gasteiger partial charge in [0.25, 0.3) is 0 Å². The number of benzene rings is 1. The van der Waals surface area contributed by atoms with Crippen molar-refractivity contribution in [2.75, 3.05) is 18.1 Å². The highest BCUT2D eigenvalue weighted by Gasteiger charge is 2.26. The van der Waals surface area contributed by atoms with Crippen molar-refractivity contribution in [3.63, 3.8) is 0 Å². The lowest BCUT2D eigenvalue weighted by atomic mass is 10.2. The maximum absolute atomic E-state index is 13.6. The first-order valence-corrected chi connectivity index (χ1v) is 4.37. The summed E-state index contributed by atoms with van der Waals surface area (Å²) in [5.41, 5.74) is 0.0174.